The predicted octanol–water partition coefficient (Wildman–Crippen LogP) is 1.51. The first-order valence-corrected chi connectivity index (χ1v) is 5.62. The fraction of sp³-hybridized carbons (Fsp3) is 0.500. The van der Waals surface area contributed by atoms with Crippen LogP contribution >= 0.6 is 0 Å². The number of hydrogen-bond acceptors (Lipinski definition) is 3. The summed E-state index contributed by atoms with van der Waals surface area (Å²) in [7, 11) is 1.82. The fourth-order valence-corrected chi connectivity index (χ4v) is 1.71. The molecule has 2 atom stereocenters. The van der Waals surface area contributed by atoms with E-state index >= 15 is 0 Å². The van der Waals surface area contributed by atoms with Crippen molar-refractivity contribution in [1.82, 2.24) is 10.3 Å². The minimum atomic E-state index is -0.0869. The number of aromatic nitrogens is 1. The molecule has 86 valence electrons. The van der Waals surface area contributed by atoms with Gasteiger partial charge in [0.25, 0.3) is 5.91 Å². The van der Waals surface area contributed by atoms with E-state index in [0.717, 1.165) is 18.2 Å². The zero-order valence-electron chi connectivity index (χ0n) is 9.66. The van der Waals surface area contributed by atoms with Crippen LogP contribution in [-0.2, 0) is 0 Å². The highest BCUT2D eigenvalue weighted by atomic mass is 16.1. The summed E-state index contributed by atoms with van der Waals surface area (Å²) in [5, 5.41) is 5.90. The Kier molecular flexibility index (Phi) is 3.08. The van der Waals surface area contributed by atoms with E-state index in [4.69, 9.17) is 0 Å². The molecule has 2 rings (SSSR count). The second kappa shape index (κ2) is 4.51. The molecule has 1 aromatic heterocycles. The van der Waals surface area contributed by atoms with Crippen LogP contribution in [0.4, 0.5) is 5.69 Å². The van der Waals surface area contributed by atoms with E-state index in [0.29, 0.717) is 11.6 Å². The lowest BCUT2D eigenvalue weighted by molar-refractivity contribution is 0.0946. The molecule has 1 fully saturated rings. The predicted molar refractivity (Wildman–Crippen MR) is 63.4 cm³/mol. The Morgan fingerprint density at radius 3 is 3.00 bits per heavy atom. The van der Waals surface area contributed by atoms with Crippen molar-refractivity contribution in [3.8, 4) is 0 Å². The van der Waals surface area contributed by atoms with Crippen LogP contribution in [0.3, 0.4) is 0 Å². The molecule has 1 amide bonds. The van der Waals surface area contributed by atoms with Gasteiger partial charge in [-0.05, 0) is 30.4 Å². The number of amides is 1. The molecule has 1 heterocycles. The van der Waals surface area contributed by atoms with Crippen molar-refractivity contribution in [2.75, 3.05) is 18.9 Å². The minimum Gasteiger partial charge on any atom is -0.388 e. The monoisotopic (exact) mass is 219 g/mol. The molecule has 0 bridgehead atoms. The fourth-order valence-electron chi connectivity index (χ4n) is 1.71. The van der Waals surface area contributed by atoms with Crippen molar-refractivity contribution in [2.24, 2.45) is 11.8 Å². The van der Waals surface area contributed by atoms with Gasteiger partial charge in [0.05, 0.1) is 0 Å². The lowest BCUT2D eigenvalue weighted by atomic mass is 10.3. The number of anilines is 1. The molecule has 1 saturated carbocycles. The van der Waals surface area contributed by atoms with Crippen molar-refractivity contribution in [2.45, 2.75) is 13.3 Å². The Labute approximate surface area is 95.5 Å². The summed E-state index contributed by atoms with van der Waals surface area (Å²) in [6, 6.07) is 3.59. The van der Waals surface area contributed by atoms with Crippen LogP contribution in [0.5, 0.6) is 0 Å². The maximum Gasteiger partial charge on any atom is 0.269 e. The number of pyridine rings is 1. The van der Waals surface area contributed by atoms with Gasteiger partial charge in [0.1, 0.15) is 5.69 Å². The standard InChI is InChI=1S/C12H17N3O/c1-8-5-9(8)7-15-12(16)11-6-10(13-2)3-4-14-11/h3-4,6,8-9H,5,7H2,1-2H3,(H,13,14)(H,15,16). The Morgan fingerprint density at radius 1 is 1.62 bits per heavy atom. The van der Waals surface area contributed by atoms with Gasteiger partial charge >= 0.3 is 0 Å². The summed E-state index contributed by atoms with van der Waals surface area (Å²) >= 11 is 0. The number of carbonyl (C=O) groups is 1. The number of nitrogens with one attached hydrogen (secondary N) is 2. The first-order valence-electron chi connectivity index (χ1n) is 5.62. The summed E-state index contributed by atoms with van der Waals surface area (Å²) in [6.45, 7) is 2.97. The number of carbonyl (C=O) groups excluding carboxylic acids is 1. The third-order valence-electron chi connectivity index (χ3n) is 3.08. The highest BCUT2D eigenvalue weighted by molar-refractivity contribution is 5.93. The Hall–Kier alpha value is -1.58. The Balaban J connectivity index is 1.92. The van der Waals surface area contributed by atoms with Crippen LogP contribution < -0.4 is 10.6 Å². The largest absolute Gasteiger partial charge is 0.388 e. The smallest absolute Gasteiger partial charge is 0.269 e. The molecule has 0 radical (unpaired) electrons. The highest BCUT2D eigenvalue weighted by Crippen LogP contribution is 2.36. The molecule has 2 unspecified atom stereocenters. The van der Waals surface area contributed by atoms with Crippen LogP contribution in [0.1, 0.15) is 23.8 Å². The van der Waals surface area contributed by atoms with Crippen LogP contribution in [0.15, 0.2) is 18.3 Å². The molecule has 0 saturated heterocycles. The lowest BCUT2D eigenvalue weighted by Gasteiger charge is -2.05. The van der Waals surface area contributed by atoms with Crippen LogP contribution in [0, 0.1) is 11.8 Å². The van der Waals surface area contributed by atoms with E-state index in [1.165, 1.54) is 6.42 Å². The average molecular weight is 219 g/mol. The van der Waals surface area contributed by atoms with Gasteiger partial charge < -0.3 is 10.6 Å². The van der Waals surface area contributed by atoms with Gasteiger partial charge in [-0.2, -0.15) is 0 Å². The zero-order chi connectivity index (χ0) is 11.5. The SMILES string of the molecule is CNc1ccnc(C(=O)NCC2CC2C)c1. The Bertz CT molecular complexity index is 392. The second-order valence-electron chi connectivity index (χ2n) is 4.36. The van der Waals surface area contributed by atoms with Gasteiger partial charge in [0.2, 0.25) is 0 Å². The summed E-state index contributed by atoms with van der Waals surface area (Å²) in [5.74, 6) is 1.34. The maximum absolute atomic E-state index is 11.8. The van der Waals surface area contributed by atoms with Crippen LogP contribution in [0.25, 0.3) is 0 Å². The molecule has 1 aliphatic rings. The van der Waals surface area contributed by atoms with Gasteiger partial charge in [-0.15, -0.1) is 0 Å². The first kappa shape index (κ1) is 10.9. The maximum atomic E-state index is 11.8. The third kappa shape index (κ3) is 2.51. The molecule has 4 heteroatoms. The molecule has 0 spiro atoms. The average Bonchev–Trinajstić information content (AvgIpc) is 3.02. The Morgan fingerprint density at radius 2 is 2.38 bits per heavy atom. The highest BCUT2D eigenvalue weighted by Gasteiger charge is 2.32. The second-order valence-corrected chi connectivity index (χ2v) is 4.36. The van der Waals surface area contributed by atoms with Gasteiger partial charge in [0.15, 0.2) is 0 Å². The molecule has 4 nitrogen and oxygen atoms in total. The molecular weight excluding hydrogens is 202 g/mol. The molecule has 2 N–H and O–H groups in total. The van der Waals surface area contributed by atoms with E-state index in [-0.39, 0.29) is 5.91 Å². The molecule has 1 aromatic rings. The summed E-state index contributed by atoms with van der Waals surface area (Å²) < 4.78 is 0. The lowest BCUT2D eigenvalue weighted by Crippen LogP contribution is -2.26. The van der Waals surface area contributed by atoms with E-state index in [1.54, 1.807) is 12.3 Å². The number of rotatable bonds is 4. The molecule has 0 aromatic carbocycles. The number of hydrogen-bond donors (Lipinski definition) is 2. The topological polar surface area (TPSA) is 54.0 Å². The van der Waals surface area contributed by atoms with Crippen molar-refractivity contribution in [3.05, 3.63) is 24.0 Å². The summed E-state index contributed by atoms with van der Waals surface area (Å²) in [5.41, 5.74) is 1.38. The summed E-state index contributed by atoms with van der Waals surface area (Å²) in [6.07, 6.45) is 2.87. The zero-order valence-corrected chi connectivity index (χ0v) is 9.66. The first-order chi connectivity index (χ1) is 7.70. The van der Waals surface area contributed by atoms with E-state index in [1.807, 2.05) is 13.1 Å². The van der Waals surface area contributed by atoms with Crippen molar-refractivity contribution >= 4 is 11.6 Å². The number of nitrogens with zero attached hydrogens (tertiary/aromatic N) is 1. The molecule has 1 aliphatic carbocycles. The van der Waals surface area contributed by atoms with Crippen molar-refractivity contribution in [3.63, 3.8) is 0 Å². The van der Waals surface area contributed by atoms with E-state index in [2.05, 4.69) is 22.5 Å². The van der Waals surface area contributed by atoms with Gasteiger partial charge in [0, 0.05) is 25.5 Å². The van der Waals surface area contributed by atoms with Gasteiger partial charge in [-0.25, -0.2) is 0 Å². The normalized spacial score (nSPS) is 22.6. The van der Waals surface area contributed by atoms with Crippen LogP contribution in [-0.4, -0.2) is 24.5 Å². The van der Waals surface area contributed by atoms with Crippen molar-refractivity contribution in [1.29, 1.82) is 0 Å². The van der Waals surface area contributed by atoms with E-state index < -0.39 is 0 Å². The minimum absolute atomic E-state index is 0.0869. The van der Waals surface area contributed by atoms with Gasteiger partial charge in [-0.1, -0.05) is 6.92 Å². The van der Waals surface area contributed by atoms with Crippen molar-refractivity contribution < 1.29 is 4.79 Å². The third-order valence-corrected chi connectivity index (χ3v) is 3.08. The quantitative estimate of drug-likeness (QED) is 0.807. The van der Waals surface area contributed by atoms with Crippen LogP contribution in [0.2, 0.25) is 0 Å². The summed E-state index contributed by atoms with van der Waals surface area (Å²) in [4.78, 5) is 15.8. The van der Waals surface area contributed by atoms with Gasteiger partial charge in [-0.3, -0.25) is 9.78 Å². The molecule has 16 heavy (non-hydrogen) atoms. The van der Waals surface area contributed by atoms with E-state index in [9.17, 15) is 4.79 Å². The molecular formula is C12H17N3O. The molecule has 0 aliphatic heterocycles.